The summed E-state index contributed by atoms with van der Waals surface area (Å²) in [6.07, 6.45) is 0. The van der Waals surface area contributed by atoms with Gasteiger partial charge in [0.1, 0.15) is 6.54 Å². The van der Waals surface area contributed by atoms with Gasteiger partial charge >= 0.3 is 5.76 Å². The molecule has 1 aliphatic heterocycles. The summed E-state index contributed by atoms with van der Waals surface area (Å²) in [7, 11) is 0. The fourth-order valence-electron chi connectivity index (χ4n) is 3.78. The van der Waals surface area contributed by atoms with Crippen molar-refractivity contribution in [2.75, 3.05) is 44.3 Å². The molecule has 4 aromatic rings. The number of carbonyl (C=O) groups is 1. The Hall–Kier alpha value is -2.43. The number of oxazole rings is 1. The number of thiazole rings is 1. The first kappa shape index (κ1) is 23.7. The average Bonchev–Trinajstić information content (AvgIpc) is 3.35. The molecule has 0 aliphatic carbocycles. The van der Waals surface area contributed by atoms with Gasteiger partial charge in [-0.05, 0) is 30.3 Å². The molecule has 3 heterocycles. The topological polar surface area (TPSA) is 80.8 Å². The van der Waals surface area contributed by atoms with Gasteiger partial charge in [-0.2, -0.15) is 0 Å². The molecule has 0 N–H and O–H groups in total. The Labute approximate surface area is 204 Å². The summed E-state index contributed by atoms with van der Waals surface area (Å²) >= 11 is 7.54. The van der Waals surface area contributed by atoms with Crippen LogP contribution in [0.2, 0.25) is 5.02 Å². The molecule has 8 nitrogen and oxygen atoms in total. The molecular formula is C22H22Cl2N4O4S. The molecule has 1 fully saturated rings. The maximum atomic E-state index is 13.4. The number of morpholine rings is 1. The van der Waals surface area contributed by atoms with E-state index in [1.54, 1.807) is 29.2 Å². The van der Waals surface area contributed by atoms with Crippen LogP contribution in [-0.4, -0.2) is 59.8 Å². The van der Waals surface area contributed by atoms with E-state index in [1.807, 2.05) is 18.2 Å². The van der Waals surface area contributed by atoms with Crippen molar-refractivity contribution in [1.82, 2.24) is 14.5 Å². The monoisotopic (exact) mass is 508 g/mol. The molecule has 0 radical (unpaired) electrons. The summed E-state index contributed by atoms with van der Waals surface area (Å²) < 4.78 is 13.0. The second kappa shape index (κ2) is 10.2. The second-order valence-electron chi connectivity index (χ2n) is 7.53. The average molecular weight is 509 g/mol. The quantitative estimate of drug-likeness (QED) is 0.395. The zero-order valence-corrected chi connectivity index (χ0v) is 20.0. The van der Waals surface area contributed by atoms with Gasteiger partial charge in [-0.25, -0.2) is 9.78 Å². The Morgan fingerprint density at radius 3 is 2.79 bits per heavy atom. The molecule has 1 aliphatic rings. The third-order valence-corrected chi connectivity index (χ3v) is 6.76. The zero-order chi connectivity index (χ0) is 22.1. The van der Waals surface area contributed by atoms with E-state index >= 15 is 0 Å². The van der Waals surface area contributed by atoms with Gasteiger partial charge in [0.05, 0.1) is 28.9 Å². The third kappa shape index (κ3) is 5.07. The van der Waals surface area contributed by atoms with Crippen LogP contribution in [0.1, 0.15) is 0 Å². The highest BCUT2D eigenvalue weighted by Gasteiger charge is 2.23. The molecule has 1 amide bonds. The van der Waals surface area contributed by atoms with E-state index in [0.717, 1.165) is 23.3 Å². The number of aromatic nitrogens is 2. The highest BCUT2D eigenvalue weighted by atomic mass is 35.5. The molecule has 0 saturated carbocycles. The number of hydrogen-bond acceptors (Lipinski definition) is 7. The summed E-state index contributed by atoms with van der Waals surface area (Å²) in [4.78, 5) is 34.4. The van der Waals surface area contributed by atoms with Crippen molar-refractivity contribution in [2.45, 2.75) is 6.54 Å². The summed E-state index contributed by atoms with van der Waals surface area (Å²) in [5, 5.41) is 1.21. The van der Waals surface area contributed by atoms with Gasteiger partial charge in [0, 0.05) is 31.2 Å². The maximum Gasteiger partial charge on any atom is 0.420 e. The minimum atomic E-state index is -0.552. The van der Waals surface area contributed by atoms with E-state index in [0.29, 0.717) is 47.6 Å². The van der Waals surface area contributed by atoms with Crippen molar-refractivity contribution >= 4 is 67.7 Å². The lowest BCUT2D eigenvalue weighted by molar-refractivity contribution is -0.119. The van der Waals surface area contributed by atoms with Crippen LogP contribution in [0, 0.1) is 0 Å². The molecular weight excluding hydrogens is 487 g/mol. The lowest BCUT2D eigenvalue weighted by Crippen LogP contribution is -2.44. The van der Waals surface area contributed by atoms with E-state index in [9.17, 15) is 9.59 Å². The highest BCUT2D eigenvalue weighted by Crippen LogP contribution is 2.31. The molecule has 0 unspecified atom stereocenters. The van der Waals surface area contributed by atoms with Gasteiger partial charge in [0.2, 0.25) is 5.91 Å². The fraction of sp³-hybridized carbons (Fsp3) is 0.318. The molecule has 11 heteroatoms. The molecule has 1 saturated heterocycles. The first-order chi connectivity index (χ1) is 15.6. The Kier molecular flexibility index (Phi) is 7.35. The van der Waals surface area contributed by atoms with E-state index in [4.69, 9.17) is 20.8 Å². The van der Waals surface area contributed by atoms with Gasteiger partial charge in [-0.15, -0.1) is 12.4 Å². The van der Waals surface area contributed by atoms with Gasteiger partial charge in [-0.3, -0.25) is 19.2 Å². The van der Waals surface area contributed by atoms with E-state index in [1.165, 1.54) is 15.9 Å². The number of fused-ring (bicyclic) bond motifs is 2. The predicted molar refractivity (Wildman–Crippen MR) is 132 cm³/mol. The van der Waals surface area contributed by atoms with E-state index < -0.39 is 5.76 Å². The van der Waals surface area contributed by atoms with Crippen LogP contribution >= 0.6 is 35.3 Å². The summed E-state index contributed by atoms with van der Waals surface area (Å²) in [5.41, 5.74) is 1.83. The summed E-state index contributed by atoms with van der Waals surface area (Å²) in [6.45, 7) is 4.03. The second-order valence-corrected chi connectivity index (χ2v) is 8.98. The standard InChI is InChI=1S/C22H21ClN4O4S.ClH/c23-15-5-6-16-19(13-15)32-21(24-16)26(8-7-25-9-11-30-12-10-25)20(28)14-27-17-3-1-2-4-18(17)31-22(27)29;/h1-6,13H,7-12,14H2;1H. The van der Waals surface area contributed by atoms with Crippen molar-refractivity contribution in [3.8, 4) is 0 Å². The van der Waals surface area contributed by atoms with Gasteiger partial charge < -0.3 is 9.15 Å². The molecule has 2 aromatic carbocycles. The highest BCUT2D eigenvalue weighted by molar-refractivity contribution is 7.22. The van der Waals surface area contributed by atoms with E-state index in [-0.39, 0.29) is 24.9 Å². The van der Waals surface area contributed by atoms with Crippen molar-refractivity contribution in [3.05, 3.63) is 58.0 Å². The minimum absolute atomic E-state index is 0. The van der Waals surface area contributed by atoms with Gasteiger partial charge in [-0.1, -0.05) is 35.1 Å². The molecule has 5 rings (SSSR count). The molecule has 0 spiro atoms. The number of para-hydroxylation sites is 2. The molecule has 174 valence electrons. The van der Waals surface area contributed by atoms with Crippen LogP contribution in [-0.2, 0) is 16.1 Å². The first-order valence-corrected chi connectivity index (χ1v) is 11.5. The summed E-state index contributed by atoms with van der Waals surface area (Å²) in [5.74, 6) is -0.777. The Morgan fingerprint density at radius 2 is 1.97 bits per heavy atom. The predicted octanol–water partition coefficient (Wildman–Crippen LogP) is 3.64. The van der Waals surface area contributed by atoms with Crippen molar-refractivity contribution in [2.24, 2.45) is 0 Å². The normalized spacial score (nSPS) is 14.5. The van der Waals surface area contributed by atoms with Crippen molar-refractivity contribution < 1.29 is 13.9 Å². The molecule has 33 heavy (non-hydrogen) atoms. The minimum Gasteiger partial charge on any atom is -0.408 e. The van der Waals surface area contributed by atoms with Gasteiger partial charge in [0.15, 0.2) is 10.7 Å². The first-order valence-electron chi connectivity index (χ1n) is 10.3. The Bertz CT molecular complexity index is 1330. The van der Waals surface area contributed by atoms with Crippen molar-refractivity contribution in [1.29, 1.82) is 0 Å². The molecule has 2 aromatic heterocycles. The third-order valence-electron chi connectivity index (χ3n) is 5.48. The smallest absolute Gasteiger partial charge is 0.408 e. The number of hydrogen-bond donors (Lipinski definition) is 0. The lowest BCUT2D eigenvalue weighted by Gasteiger charge is -2.29. The van der Waals surface area contributed by atoms with Crippen LogP contribution in [0.15, 0.2) is 51.7 Å². The number of carbonyl (C=O) groups excluding carboxylic acids is 1. The number of benzene rings is 2. The fourth-order valence-corrected chi connectivity index (χ4v) is 5.06. The maximum absolute atomic E-state index is 13.4. The molecule has 0 atom stereocenters. The number of anilines is 1. The van der Waals surface area contributed by atoms with Crippen LogP contribution in [0.4, 0.5) is 5.13 Å². The Morgan fingerprint density at radius 1 is 1.18 bits per heavy atom. The number of halogens is 2. The number of nitrogens with zero attached hydrogens (tertiary/aromatic N) is 4. The number of ether oxygens (including phenoxy) is 1. The van der Waals surface area contributed by atoms with Crippen LogP contribution in [0.3, 0.4) is 0 Å². The van der Waals surface area contributed by atoms with Crippen LogP contribution in [0.25, 0.3) is 21.3 Å². The largest absolute Gasteiger partial charge is 0.420 e. The Balaban J connectivity index is 0.00000259. The van der Waals surface area contributed by atoms with Gasteiger partial charge in [0.25, 0.3) is 0 Å². The lowest BCUT2D eigenvalue weighted by atomic mass is 10.3. The summed E-state index contributed by atoms with van der Waals surface area (Å²) in [6, 6.07) is 12.6. The van der Waals surface area contributed by atoms with Crippen LogP contribution in [0.5, 0.6) is 0 Å². The SMILES string of the molecule is Cl.O=C(Cn1c(=O)oc2ccccc21)N(CCN1CCOCC1)c1nc2ccc(Cl)cc2s1. The molecule has 0 bridgehead atoms. The van der Waals surface area contributed by atoms with Crippen LogP contribution < -0.4 is 10.7 Å². The zero-order valence-electron chi connectivity index (χ0n) is 17.6. The number of rotatable bonds is 6. The van der Waals surface area contributed by atoms with Crippen molar-refractivity contribution in [3.63, 3.8) is 0 Å². The number of amides is 1. The van der Waals surface area contributed by atoms with E-state index in [2.05, 4.69) is 9.88 Å².